The summed E-state index contributed by atoms with van der Waals surface area (Å²) in [6.45, 7) is 6.43. The van der Waals surface area contributed by atoms with Gasteiger partial charge in [-0.25, -0.2) is 0 Å². The second-order valence-electron chi connectivity index (χ2n) is 6.26. The average Bonchev–Trinajstić information content (AvgIpc) is 2.50. The van der Waals surface area contributed by atoms with Gasteiger partial charge in [0.25, 0.3) is 0 Å². The highest BCUT2D eigenvalue weighted by molar-refractivity contribution is 5.27. The lowest BCUT2D eigenvalue weighted by atomic mass is 9.78. The van der Waals surface area contributed by atoms with E-state index in [1.165, 1.54) is 12.0 Å². The van der Waals surface area contributed by atoms with Gasteiger partial charge in [0, 0.05) is 13.1 Å². The number of ether oxygens (including phenoxy) is 1. The molecule has 0 saturated heterocycles. The first-order valence-electron chi connectivity index (χ1n) is 8.30. The molecule has 2 rings (SSSR count). The molecule has 1 fully saturated rings. The normalized spacial score (nSPS) is 25.8. The van der Waals surface area contributed by atoms with Crippen molar-refractivity contribution in [2.45, 2.75) is 58.1 Å². The van der Waals surface area contributed by atoms with Crippen LogP contribution in [0.1, 0.15) is 51.5 Å². The minimum Gasteiger partial charge on any atom is -0.494 e. The van der Waals surface area contributed by atoms with Crippen molar-refractivity contribution in [1.29, 1.82) is 0 Å². The quantitative estimate of drug-likeness (QED) is 0.808. The first kappa shape index (κ1) is 16.3. The highest BCUT2D eigenvalue weighted by Crippen LogP contribution is 2.33. The van der Waals surface area contributed by atoms with Crippen molar-refractivity contribution >= 4 is 0 Å². The molecule has 0 atom stereocenters. The van der Waals surface area contributed by atoms with Crippen LogP contribution in [-0.4, -0.2) is 23.9 Å². The highest BCUT2D eigenvalue weighted by atomic mass is 16.5. The van der Waals surface area contributed by atoms with Crippen LogP contribution in [0.5, 0.6) is 5.75 Å². The van der Waals surface area contributed by atoms with Crippen molar-refractivity contribution in [3.8, 4) is 5.75 Å². The Balaban J connectivity index is 1.73. The van der Waals surface area contributed by atoms with Crippen LogP contribution in [0.3, 0.4) is 0 Å². The molecular weight excluding hydrogens is 262 g/mol. The van der Waals surface area contributed by atoms with Gasteiger partial charge in [-0.2, -0.15) is 0 Å². The van der Waals surface area contributed by atoms with Gasteiger partial charge in [0.05, 0.1) is 12.2 Å². The maximum absolute atomic E-state index is 10.6. The maximum Gasteiger partial charge on any atom is 0.119 e. The van der Waals surface area contributed by atoms with Crippen LogP contribution in [0.4, 0.5) is 0 Å². The summed E-state index contributed by atoms with van der Waals surface area (Å²) in [5, 5.41) is 14.0. The second-order valence-corrected chi connectivity index (χ2v) is 6.26. The molecule has 2 N–H and O–H groups in total. The molecule has 118 valence electrons. The Bertz CT molecular complexity index is 408. The van der Waals surface area contributed by atoms with E-state index in [1.54, 1.807) is 0 Å². The van der Waals surface area contributed by atoms with Gasteiger partial charge in [0.1, 0.15) is 5.75 Å². The molecule has 0 bridgehead atoms. The van der Waals surface area contributed by atoms with Crippen LogP contribution in [0, 0.1) is 5.92 Å². The van der Waals surface area contributed by atoms with Crippen molar-refractivity contribution in [2.75, 3.05) is 13.2 Å². The van der Waals surface area contributed by atoms with Crippen LogP contribution in [0.15, 0.2) is 24.3 Å². The van der Waals surface area contributed by atoms with E-state index in [1.807, 2.05) is 19.1 Å². The molecule has 1 aromatic carbocycles. The second kappa shape index (κ2) is 7.81. The van der Waals surface area contributed by atoms with Crippen molar-refractivity contribution in [3.05, 3.63) is 29.8 Å². The van der Waals surface area contributed by atoms with E-state index in [2.05, 4.69) is 24.4 Å². The summed E-state index contributed by atoms with van der Waals surface area (Å²) >= 11 is 0. The van der Waals surface area contributed by atoms with Gasteiger partial charge >= 0.3 is 0 Å². The van der Waals surface area contributed by atoms with Gasteiger partial charge in [-0.05, 0) is 56.2 Å². The number of benzene rings is 1. The zero-order valence-corrected chi connectivity index (χ0v) is 13.4. The number of aliphatic hydroxyl groups is 1. The first-order chi connectivity index (χ1) is 10.1. The van der Waals surface area contributed by atoms with E-state index in [9.17, 15) is 5.11 Å². The van der Waals surface area contributed by atoms with Crippen molar-refractivity contribution < 1.29 is 9.84 Å². The molecule has 0 unspecified atom stereocenters. The van der Waals surface area contributed by atoms with Crippen LogP contribution in [0.25, 0.3) is 0 Å². The number of nitrogens with one attached hydrogen (secondary N) is 1. The molecule has 0 spiro atoms. The van der Waals surface area contributed by atoms with Crippen molar-refractivity contribution in [1.82, 2.24) is 5.32 Å². The molecule has 21 heavy (non-hydrogen) atoms. The summed E-state index contributed by atoms with van der Waals surface area (Å²) in [6.07, 6.45) is 5.44. The van der Waals surface area contributed by atoms with Crippen LogP contribution in [0.2, 0.25) is 0 Å². The molecule has 0 aliphatic heterocycles. The molecule has 1 aliphatic rings. The fourth-order valence-electron chi connectivity index (χ4n) is 3.11. The Morgan fingerprint density at radius 3 is 2.43 bits per heavy atom. The fourth-order valence-corrected chi connectivity index (χ4v) is 3.11. The summed E-state index contributed by atoms with van der Waals surface area (Å²) in [5.74, 6) is 1.73. The molecule has 1 aromatic rings. The van der Waals surface area contributed by atoms with E-state index in [-0.39, 0.29) is 0 Å². The predicted molar refractivity (Wildman–Crippen MR) is 86.5 cm³/mol. The third-order valence-corrected chi connectivity index (χ3v) is 4.63. The van der Waals surface area contributed by atoms with E-state index in [4.69, 9.17) is 4.74 Å². The molecule has 0 heterocycles. The topological polar surface area (TPSA) is 41.5 Å². The lowest BCUT2D eigenvalue weighted by Crippen LogP contribution is -2.43. The minimum absolute atomic E-state index is 0.503. The van der Waals surface area contributed by atoms with Gasteiger partial charge in [-0.1, -0.05) is 25.5 Å². The summed E-state index contributed by atoms with van der Waals surface area (Å²) in [4.78, 5) is 0. The molecule has 0 radical (unpaired) electrons. The van der Waals surface area contributed by atoms with E-state index < -0.39 is 5.60 Å². The molecule has 0 aromatic heterocycles. The minimum atomic E-state index is -0.503. The number of hydrogen-bond acceptors (Lipinski definition) is 3. The molecule has 0 amide bonds. The average molecular weight is 291 g/mol. The zero-order valence-electron chi connectivity index (χ0n) is 13.4. The zero-order chi connectivity index (χ0) is 15.1. The number of hydrogen-bond donors (Lipinski definition) is 2. The van der Waals surface area contributed by atoms with Crippen LogP contribution in [-0.2, 0) is 6.54 Å². The Morgan fingerprint density at radius 2 is 1.86 bits per heavy atom. The first-order valence-corrected chi connectivity index (χ1v) is 8.30. The summed E-state index contributed by atoms with van der Waals surface area (Å²) in [7, 11) is 0. The van der Waals surface area contributed by atoms with Crippen LogP contribution < -0.4 is 10.1 Å². The van der Waals surface area contributed by atoms with Gasteiger partial charge in [0.15, 0.2) is 0 Å². The number of rotatable bonds is 7. The van der Waals surface area contributed by atoms with Gasteiger partial charge in [0.2, 0.25) is 0 Å². The summed E-state index contributed by atoms with van der Waals surface area (Å²) in [6, 6.07) is 8.16. The largest absolute Gasteiger partial charge is 0.494 e. The van der Waals surface area contributed by atoms with Gasteiger partial charge < -0.3 is 15.2 Å². The molecular formula is C18H29NO2. The molecule has 1 saturated carbocycles. The Kier molecular flexibility index (Phi) is 6.07. The summed E-state index contributed by atoms with van der Waals surface area (Å²) in [5.41, 5.74) is 0.723. The third kappa shape index (κ3) is 5.01. The van der Waals surface area contributed by atoms with Crippen molar-refractivity contribution in [2.24, 2.45) is 5.92 Å². The monoisotopic (exact) mass is 291 g/mol. The van der Waals surface area contributed by atoms with E-state index in [0.717, 1.165) is 43.9 Å². The van der Waals surface area contributed by atoms with Crippen molar-refractivity contribution in [3.63, 3.8) is 0 Å². The van der Waals surface area contributed by atoms with Gasteiger partial charge in [-0.3, -0.25) is 0 Å². The van der Waals surface area contributed by atoms with E-state index in [0.29, 0.717) is 13.2 Å². The van der Waals surface area contributed by atoms with Gasteiger partial charge in [-0.15, -0.1) is 0 Å². The Labute approximate surface area is 128 Å². The highest BCUT2D eigenvalue weighted by Gasteiger charge is 2.31. The fraction of sp³-hybridized carbons (Fsp3) is 0.667. The summed E-state index contributed by atoms with van der Waals surface area (Å²) < 4.78 is 5.44. The standard InChI is InChI=1S/C18H29NO2/c1-3-15-9-11-18(20,12-10-15)14-19-13-16-5-7-17(8-6-16)21-4-2/h5-8,15,19-20H,3-4,9-14H2,1-2H3. The Hall–Kier alpha value is -1.06. The Morgan fingerprint density at radius 1 is 1.19 bits per heavy atom. The predicted octanol–water partition coefficient (Wildman–Crippen LogP) is 3.51. The lowest BCUT2D eigenvalue weighted by molar-refractivity contribution is -0.00881. The SMILES string of the molecule is CCOc1ccc(CNCC2(O)CCC(CC)CC2)cc1. The molecule has 3 nitrogen and oxygen atoms in total. The molecule has 3 heteroatoms. The maximum atomic E-state index is 10.6. The lowest BCUT2D eigenvalue weighted by Gasteiger charge is -2.36. The third-order valence-electron chi connectivity index (χ3n) is 4.63. The molecule has 1 aliphatic carbocycles. The van der Waals surface area contributed by atoms with E-state index >= 15 is 0 Å². The van der Waals surface area contributed by atoms with Crippen LogP contribution >= 0.6 is 0 Å². The smallest absolute Gasteiger partial charge is 0.119 e.